The number of hydrogen-bond acceptors (Lipinski definition) is 3. The second-order valence-electron chi connectivity index (χ2n) is 3.90. The van der Waals surface area contributed by atoms with Gasteiger partial charge >= 0.3 is 0 Å². The number of aryl methyl sites for hydroxylation is 1. The smallest absolute Gasteiger partial charge is 0.148 e. The van der Waals surface area contributed by atoms with E-state index in [1.165, 1.54) is 18.5 Å². The van der Waals surface area contributed by atoms with Crippen LogP contribution in [0, 0.1) is 5.82 Å². The summed E-state index contributed by atoms with van der Waals surface area (Å²) in [7, 11) is 1.84. The summed E-state index contributed by atoms with van der Waals surface area (Å²) < 4.78 is 15.6. The van der Waals surface area contributed by atoms with Crippen LogP contribution < -0.4 is 5.32 Å². The van der Waals surface area contributed by atoms with Crippen LogP contribution in [-0.2, 0) is 7.05 Å². The topological polar surface area (TPSA) is 42.7 Å². The number of nitrogens with one attached hydrogen (secondary N) is 1. The minimum Gasteiger partial charge on any atom is -0.304 e. The molecule has 0 saturated carbocycles. The van der Waals surface area contributed by atoms with Crippen LogP contribution in [0.3, 0.4) is 0 Å². The summed E-state index contributed by atoms with van der Waals surface area (Å²) in [5.74, 6) is 0.531. The Morgan fingerprint density at radius 2 is 2.28 bits per heavy atom. The van der Waals surface area contributed by atoms with Crippen molar-refractivity contribution in [1.29, 1.82) is 0 Å². The lowest BCUT2D eigenvalue weighted by Gasteiger charge is -2.18. The van der Waals surface area contributed by atoms with Crippen LogP contribution in [0.5, 0.6) is 0 Å². The molecular formula is C12H14BrFN4. The monoisotopic (exact) mass is 312 g/mol. The first-order valence-corrected chi connectivity index (χ1v) is 6.45. The van der Waals surface area contributed by atoms with E-state index in [-0.39, 0.29) is 11.9 Å². The molecule has 0 aliphatic heterocycles. The van der Waals surface area contributed by atoms with Gasteiger partial charge in [0.05, 0.1) is 6.04 Å². The van der Waals surface area contributed by atoms with Crippen LogP contribution in [0.25, 0.3) is 0 Å². The number of hydrogen-bond donors (Lipinski definition) is 1. The molecule has 1 aromatic carbocycles. The molecule has 0 spiro atoms. The van der Waals surface area contributed by atoms with Crippen LogP contribution in [0.1, 0.15) is 24.4 Å². The molecule has 2 aromatic rings. The number of halogens is 2. The highest BCUT2D eigenvalue weighted by molar-refractivity contribution is 9.10. The number of benzene rings is 1. The molecule has 0 fully saturated rings. The molecule has 0 aliphatic carbocycles. The summed E-state index contributed by atoms with van der Waals surface area (Å²) in [5, 5.41) is 7.40. The van der Waals surface area contributed by atoms with Crippen LogP contribution in [-0.4, -0.2) is 21.3 Å². The zero-order valence-electron chi connectivity index (χ0n) is 10.2. The van der Waals surface area contributed by atoms with E-state index in [1.54, 1.807) is 10.7 Å². The van der Waals surface area contributed by atoms with E-state index >= 15 is 0 Å². The molecule has 6 heteroatoms. The van der Waals surface area contributed by atoms with Crippen molar-refractivity contribution in [3.63, 3.8) is 0 Å². The summed E-state index contributed by atoms with van der Waals surface area (Å²) in [4.78, 5) is 4.25. The Kier molecular flexibility index (Phi) is 4.08. The van der Waals surface area contributed by atoms with Crippen LogP contribution in [0.15, 0.2) is 29.0 Å². The van der Waals surface area contributed by atoms with Gasteiger partial charge in [-0.3, -0.25) is 4.68 Å². The van der Waals surface area contributed by atoms with Gasteiger partial charge in [-0.2, -0.15) is 5.10 Å². The zero-order valence-corrected chi connectivity index (χ0v) is 11.8. The molecule has 1 atom stereocenters. The van der Waals surface area contributed by atoms with Gasteiger partial charge in [0, 0.05) is 11.5 Å². The van der Waals surface area contributed by atoms with E-state index in [9.17, 15) is 4.39 Å². The Labute approximate surface area is 113 Å². The Morgan fingerprint density at radius 3 is 2.83 bits per heavy atom. The van der Waals surface area contributed by atoms with Crippen molar-refractivity contribution in [1.82, 2.24) is 20.1 Å². The molecule has 0 radical (unpaired) electrons. The Bertz CT molecular complexity index is 541. The van der Waals surface area contributed by atoms with E-state index < -0.39 is 0 Å². The average Bonchev–Trinajstić information content (AvgIpc) is 2.73. The lowest BCUT2D eigenvalue weighted by Crippen LogP contribution is -2.25. The summed E-state index contributed by atoms with van der Waals surface area (Å²) in [5.41, 5.74) is 0.939. The molecule has 2 rings (SSSR count). The number of aromatic nitrogens is 3. The Morgan fingerprint density at radius 1 is 1.50 bits per heavy atom. The molecule has 0 aliphatic rings. The summed E-state index contributed by atoms with van der Waals surface area (Å²) in [6.45, 7) is 2.79. The lowest BCUT2D eigenvalue weighted by molar-refractivity contribution is 0.555. The first kappa shape index (κ1) is 13.2. The van der Waals surface area contributed by atoms with E-state index in [0.29, 0.717) is 0 Å². The molecule has 18 heavy (non-hydrogen) atoms. The third kappa shape index (κ3) is 2.59. The van der Waals surface area contributed by atoms with Gasteiger partial charge in [-0.1, -0.05) is 28.9 Å². The number of nitrogens with zero attached hydrogens (tertiary/aromatic N) is 3. The minimum absolute atomic E-state index is 0.113. The van der Waals surface area contributed by atoms with Crippen LogP contribution >= 0.6 is 15.9 Å². The summed E-state index contributed by atoms with van der Waals surface area (Å²) in [6.07, 6.45) is 1.51. The van der Waals surface area contributed by atoms with Crippen molar-refractivity contribution in [2.45, 2.75) is 13.0 Å². The fraction of sp³-hybridized carbons (Fsp3) is 0.333. The van der Waals surface area contributed by atoms with Crippen molar-refractivity contribution in [3.05, 3.63) is 46.2 Å². The normalized spacial score (nSPS) is 12.7. The molecule has 4 nitrogen and oxygen atoms in total. The molecule has 96 valence electrons. The van der Waals surface area contributed by atoms with Crippen molar-refractivity contribution in [2.75, 3.05) is 6.54 Å². The van der Waals surface area contributed by atoms with Gasteiger partial charge in [0.15, 0.2) is 0 Å². The predicted octanol–water partition coefficient (Wildman–Crippen LogP) is 2.42. The lowest BCUT2D eigenvalue weighted by atomic mass is 10.1. The highest BCUT2D eigenvalue weighted by Gasteiger charge is 2.20. The largest absolute Gasteiger partial charge is 0.304 e. The van der Waals surface area contributed by atoms with Gasteiger partial charge < -0.3 is 5.32 Å². The van der Waals surface area contributed by atoms with Gasteiger partial charge in [-0.25, -0.2) is 9.37 Å². The third-order valence-electron chi connectivity index (χ3n) is 2.69. The van der Waals surface area contributed by atoms with Gasteiger partial charge in [0.1, 0.15) is 18.0 Å². The first-order chi connectivity index (χ1) is 8.63. The fourth-order valence-electron chi connectivity index (χ4n) is 1.85. The molecule has 1 unspecified atom stereocenters. The quantitative estimate of drug-likeness (QED) is 0.943. The van der Waals surface area contributed by atoms with Crippen molar-refractivity contribution in [3.8, 4) is 0 Å². The third-order valence-corrected chi connectivity index (χ3v) is 3.37. The molecule has 1 N–H and O–H groups in total. The van der Waals surface area contributed by atoms with E-state index in [0.717, 1.165) is 22.4 Å². The second-order valence-corrected chi connectivity index (χ2v) is 4.75. The Hall–Kier alpha value is -1.27. The van der Waals surface area contributed by atoms with Crippen LogP contribution in [0.2, 0.25) is 0 Å². The summed E-state index contributed by atoms with van der Waals surface area (Å²) >= 11 is 3.39. The van der Waals surface area contributed by atoms with Crippen molar-refractivity contribution in [2.24, 2.45) is 7.05 Å². The van der Waals surface area contributed by atoms with Gasteiger partial charge in [-0.05, 0) is 24.2 Å². The fourth-order valence-corrected chi connectivity index (χ4v) is 2.43. The number of rotatable bonds is 4. The van der Waals surface area contributed by atoms with Gasteiger partial charge in [-0.15, -0.1) is 0 Å². The molecule has 1 aromatic heterocycles. The molecule has 0 saturated heterocycles. The van der Waals surface area contributed by atoms with E-state index in [1.807, 2.05) is 14.0 Å². The van der Waals surface area contributed by atoms with Gasteiger partial charge in [0.2, 0.25) is 0 Å². The highest BCUT2D eigenvalue weighted by Crippen LogP contribution is 2.27. The maximum atomic E-state index is 13.1. The predicted molar refractivity (Wildman–Crippen MR) is 70.6 cm³/mol. The molecule has 0 amide bonds. The highest BCUT2D eigenvalue weighted by atomic mass is 79.9. The second kappa shape index (κ2) is 5.58. The van der Waals surface area contributed by atoms with Gasteiger partial charge in [0.25, 0.3) is 0 Å². The summed E-state index contributed by atoms with van der Waals surface area (Å²) in [6, 6.07) is 4.54. The SMILES string of the molecule is CCNC(c1ccc(F)cc1Br)c1ncnn1C. The molecule has 1 heterocycles. The Balaban J connectivity index is 2.45. The van der Waals surface area contributed by atoms with Crippen molar-refractivity contribution < 1.29 is 4.39 Å². The molecule has 0 bridgehead atoms. The van der Waals surface area contributed by atoms with E-state index in [4.69, 9.17) is 0 Å². The maximum Gasteiger partial charge on any atom is 0.148 e. The maximum absolute atomic E-state index is 13.1. The van der Waals surface area contributed by atoms with Crippen molar-refractivity contribution >= 4 is 15.9 Å². The minimum atomic E-state index is -0.265. The standard InChI is InChI=1S/C12H14BrFN4/c1-3-15-11(12-16-7-17-18(12)2)9-5-4-8(14)6-10(9)13/h4-7,11,15H,3H2,1-2H3. The first-order valence-electron chi connectivity index (χ1n) is 5.65. The van der Waals surface area contributed by atoms with E-state index in [2.05, 4.69) is 31.3 Å². The molecular weight excluding hydrogens is 299 g/mol. The van der Waals surface area contributed by atoms with Crippen LogP contribution in [0.4, 0.5) is 4.39 Å². The zero-order chi connectivity index (χ0) is 13.1. The average molecular weight is 313 g/mol.